The van der Waals surface area contributed by atoms with Gasteiger partial charge in [-0.3, -0.25) is 9.78 Å². The van der Waals surface area contributed by atoms with E-state index in [0.717, 1.165) is 11.1 Å². The molecule has 0 spiro atoms. The van der Waals surface area contributed by atoms with Gasteiger partial charge in [0.15, 0.2) is 5.82 Å². The van der Waals surface area contributed by atoms with Crippen LogP contribution in [0.25, 0.3) is 11.0 Å². The molecule has 1 amide bonds. The van der Waals surface area contributed by atoms with Crippen molar-refractivity contribution in [1.82, 2.24) is 15.0 Å². The van der Waals surface area contributed by atoms with Crippen LogP contribution in [-0.4, -0.2) is 20.9 Å². The largest absolute Gasteiger partial charge is 0.457 e. The second-order valence-electron chi connectivity index (χ2n) is 5.92. The van der Waals surface area contributed by atoms with E-state index in [9.17, 15) is 4.79 Å². The van der Waals surface area contributed by atoms with Crippen molar-refractivity contribution in [2.45, 2.75) is 6.92 Å². The molecule has 2 N–H and O–H groups in total. The first kappa shape index (κ1) is 17.1. The van der Waals surface area contributed by atoms with E-state index in [2.05, 4.69) is 20.3 Å². The van der Waals surface area contributed by atoms with Gasteiger partial charge >= 0.3 is 0 Å². The topological polar surface area (TPSA) is 79.9 Å². The zero-order valence-corrected chi connectivity index (χ0v) is 15.1. The number of imidazole rings is 1. The van der Waals surface area contributed by atoms with Crippen molar-refractivity contribution < 1.29 is 9.53 Å². The Labute approximate surface area is 160 Å². The summed E-state index contributed by atoms with van der Waals surface area (Å²) in [5, 5.41) is 3.43. The van der Waals surface area contributed by atoms with Crippen molar-refractivity contribution in [2.24, 2.45) is 0 Å². The van der Waals surface area contributed by atoms with Gasteiger partial charge in [0.05, 0.1) is 11.0 Å². The van der Waals surface area contributed by atoms with Crippen LogP contribution in [0.4, 0.5) is 5.69 Å². The number of fused-ring (bicyclic) bond motifs is 1. The number of amides is 1. The van der Waals surface area contributed by atoms with Crippen LogP contribution < -0.4 is 10.1 Å². The summed E-state index contributed by atoms with van der Waals surface area (Å²) in [5.41, 5.74) is 2.93. The minimum Gasteiger partial charge on any atom is -0.457 e. The Morgan fingerprint density at radius 2 is 1.74 bits per heavy atom. The van der Waals surface area contributed by atoms with Crippen LogP contribution in [0.1, 0.15) is 16.2 Å². The highest BCUT2D eigenvalue weighted by Crippen LogP contribution is 2.25. The minimum absolute atomic E-state index is 0.229. The summed E-state index contributed by atoms with van der Waals surface area (Å²) >= 11 is 6.11. The van der Waals surface area contributed by atoms with Crippen LogP contribution in [0.3, 0.4) is 0 Å². The zero-order chi connectivity index (χ0) is 18.8. The van der Waals surface area contributed by atoms with Gasteiger partial charge in [-0.2, -0.15) is 0 Å². The van der Waals surface area contributed by atoms with Gasteiger partial charge in [-0.25, -0.2) is 4.98 Å². The fourth-order valence-electron chi connectivity index (χ4n) is 2.63. The molecule has 0 saturated heterocycles. The van der Waals surface area contributed by atoms with Crippen LogP contribution in [0.5, 0.6) is 11.5 Å². The molecule has 27 heavy (non-hydrogen) atoms. The summed E-state index contributed by atoms with van der Waals surface area (Å²) in [4.78, 5) is 23.8. The van der Waals surface area contributed by atoms with E-state index in [1.165, 1.54) is 0 Å². The van der Waals surface area contributed by atoms with Crippen LogP contribution in [0.2, 0.25) is 5.02 Å². The van der Waals surface area contributed by atoms with E-state index < -0.39 is 0 Å². The second kappa shape index (κ2) is 7.09. The van der Waals surface area contributed by atoms with Gasteiger partial charge in [0.1, 0.15) is 11.5 Å². The monoisotopic (exact) mass is 378 g/mol. The third kappa shape index (κ3) is 3.61. The molecule has 7 heteroatoms. The number of aryl methyl sites for hydroxylation is 1. The standard InChI is InChI=1S/C20H15ClN4O2/c1-12-16(21)6-7-17-18(12)25-19(24-17)20(26)23-13-2-4-14(5-3-13)27-15-8-10-22-11-9-15/h2-11H,1H3,(H,23,26)(H,24,25). The number of nitrogens with zero attached hydrogens (tertiary/aromatic N) is 2. The van der Waals surface area contributed by atoms with E-state index in [1.54, 1.807) is 60.9 Å². The number of nitrogens with one attached hydrogen (secondary N) is 2. The van der Waals surface area contributed by atoms with Crippen molar-refractivity contribution in [3.63, 3.8) is 0 Å². The molecule has 0 aliphatic rings. The quantitative estimate of drug-likeness (QED) is 0.525. The Morgan fingerprint density at radius 3 is 2.48 bits per heavy atom. The maximum atomic E-state index is 12.5. The lowest BCUT2D eigenvalue weighted by Gasteiger charge is -2.07. The maximum absolute atomic E-state index is 12.5. The molecular formula is C20H15ClN4O2. The Balaban J connectivity index is 1.49. The first-order valence-electron chi connectivity index (χ1n) is 8.24. The molecule has 6 nitrogen and oxygen atoms in total. The summed E-state index contributed by atoms with van der Waals surface area (Å²) in [6.07, 6.45) is 3.32. The first-order valence-corrected chi connectivity index (χ1v) is 8.62. The number of halogens is 1. The number of carbonyl (C=O) groups is 1. The number of hydrogen-bond acceptors (Lipinski definition) is 4. The van der Waals surface area contributed by atoms with Crippen molar-refractivity contribution >= 4 is 34.2 Å². The lowest BCUT2D eigenvalue weighted by molar-refractivity contribution is 0.101. The zero-order valence-electron chi connectivity index (χ0n) is 14.4. The highest BCUT2D eigenvalue weighted by Gasteiger charge is 2.14. The maximum Gasteiger partial charge on any atom is 0.291 e. The first-order chi connectivity index (χ1) is 13.1. The molecule has 0 bridgehead atoms. The summed E-state index contributed by atoms with van der Waals surface area (Å²) in [6.45, 7) is 1.87. The average Bonchev–Trinajstić information content (AvgIpc) is 3.12. The van der Waals surface area contributed by atoms with E-state index in [-0.39, 0.29) is 11.7 Å². The molecule has 134 valence electrons. The number of pyridine rings is 1. The highest BCUT2D eigenvalue weighted by atomic mass is 35.5. The number of aromatic nitrogens is 3. The van der Waals surface area contributed by atoms with Crippen molar-refractivity contribution in [3.05, 3.63) is 77.3 Å². The van der Waals surface area contributed by atoms with Crippen LogP contribution in [0, 0.1) is 6.92 Å². The Kier molecular flexibility index (Phi) is 4.48. The van der Waals surface area contributed by atoms with Crippen LogP contribution in [0.15, 0.2) is 60.9 Å². The Bertz CT molecular complexity index is 1110. The predicted molar refractivity (Wildman–Crippen MR) is 105 cm³/mol. The van der Waals surface area contributed by atoms with Crippen molar-refractivity contribution in [3.8, 4) is 11.5 Å². The van der Waals surface area contributed by atoms with Gasteiger partial charge in [-0.15, -0.1) is 0 Å². The molecule has 0 fully saturated rings. The van der Waals surface area contributed by atoms with Crippen LogP contribution in [-0.2, 0) is 0 Å². The molecule has 4 rings (SSSR count). The Hall–Kier alpha value is -3.38. The number of anilines is 1. The molecule has 2 aromatic carbocycles. The summed E-state index contributed by atoms with van der Waals surface area (Å²) in [5.74, 6) is 1.25. The van der Waals surface area contributed by atoms with E-state index in [1.807, 2.05) is 6.92 Å². The molecule has 0 aliphatic heterocycles. The van der Waals surface area contributed by atoms with E-state index in [0.29, 0.717) is 27.7 Å². The smallest absolute Gasteiger partial charge is 0.291 e. The molecule has 4 aromatic rings. The predicted octanol–water partition coefficient (Wildman–Crippen LogP) is 4.96. The van der Waals surface area contributed by atoms with Gasteiger partial charge in [-0.1, -0.05) is 11.6 Å². The SMILES string of the molecule is Cc1c(Cl)ccc2[nH]c(C(=O)Nc3ccc(Oc4ccncc4)cc3)nc12. The number of aromatic amines is 1. The molecule has 0 aliphatic carbocycles. The second-order valence-corrected chi connectivity index (χ2v) is 6.32. The number of rotatable bonds is 4. The highest BCUT2D eigenvalue weighted by molar-refractivity contribution is 6.32. The Morgan fingerprint density at radius 1 is 1.04 bits per heavy atom. The van der Waals surface area contributed by atoms with Gasteiger partial charge in [-0.05, 0) is 61.0 Å². The fraction of sp³-hybridized carbons (Fsp3) is 0.0500. The number of hydrogen-bond donors (Lipinski definition) is 2. The number of H-pyrrole nitrogens is 1. The van der Waals surface area contributed by atoms with Gasteiger partial charge < -0.3 is 15.0 Å². The fourth-order valence-corrected chi connectivity index (χ4v) is 2.79. The molecule has 0 unspecified atom stereocenters. The molecular weight excluding hydrogens is 364 g/mol. The van der Waals surface area contributed by atoms with Gasteiger partial charge in [0.25, 0.3) is 5.91 Å². The molecule has 0 atom stereocenters. The minimum atomic E-state index is -0.329. The summed E-state index contributed by atoms with van der Waals surface area (Å²) in [6, 6.07) is 14.2. The van der Waals surface area contributed by atoms with Crippen molar-refractivity contribution in [2.75, 3.05) is 5.32 Å². The van der Waals surface area contributed by atoms with Gasteiger partial charge in [0.2, 0.25) is 0 Å². The molecule has 0 saturated carbocycles. The number of carbonyl (C=O) groups excluding carboxylic acids is 1. The molecule has 2 heterocycles. The van der Waals surface area contributed by atoms with E-state index in [4.69, 9.17) is 16.3 Å². The van der Waals surface area contributed by atoms with E-state index >= 15 is 0 Å². The number of ether oxygens (including phenoxy) is 1. The number of benzene rings is 2. The van der Waals surface area contributed by atoms with Crippen LogP contribution >= 0.6 is 11.6 Å². The third-order valence-electron chi connectivity index (χ3n) is 4.05. The summed E-state index contributed by atoms with van der Waals surface area (Å²) in [7, 11) is 0. The molecule has 2 aromatic heterocycles. The lowest BCUT2D eigenvalue weighted by atomic mass is 10.2. The third-order valence-corrected chi connectivity index (χ3v) is 4.46. The summed E-state index contributed by atoms with van der Waals surface area (Å²) < 4.78 is 5.70. The average molecular weight is 379 g/mol. The lowest BCUT2D eigenvalue weighted by Crippen LogP contribution is -2.13. The van der Waals surface area contributed by atoms with Crippen molar-refractivity contribution in [1.29, 1.82) is 0 Å². The molecule has 0 radical (unpaired) electrons. The van der Waals surface area contributed by atoms with Gasteiger partial charge in [0, 0.05) is 23.1 Å². The normalized spacial score (nSPS) is 10.7.